The van der Waals surface area contributed by atoms with Crippen molar-refractivity contribution in [3.05, 3.63) is 0 Å². The van der Waals surface area contributed by atoms with Crippen LogP contribution in [0.1, 0.15) is 12.8 Å². The van der Waals surface area contributed by atoms with E-state index in [4.69, 9.17) is 0 Å². The van der Waals surface area contributed by atoms with E-state index in [9.17, 15) is 29.0 Å². The molecule has 0 rings (SSSR count). The molecule has 0 radical (unpaired) electrons. The molecule has 0 fully saturated rings. The molecule has 0 N–H and O–H groups in total. The third-order valence-corrected chi connectivity index (χ3v) is 2.75. The maximum atomic E-state index is 12.2. The molecule has 0 aliphatic heterocycles. The molecule has 0 aromatic rings. The van der Waals surface area contributed by atoms with Crippen molar-refractivity contribution in [3.63, 3.8) is 0 Å². The smallest absolute Gasteiger partial charge is 0.227 e. The lowest BCUT2D eigenvalue weighted by atomic mass is 10.4. The van der Waals surface area contributed by atoms with Gasteiger partial charge in [-0.05, 0) is 12.8 Å². The number of alkyl halides is 1. The predicted octanol–water partition coefficient (Wildman–Crippen LogP) is 0.661. The minimum atomic E-state index is -5.30. The normalized spacial score (nSPS) is 15.6. The highest BCUT2D eigenvalue weighted by Gasteiger charge is 2.24. The first-order valence-electron chi connectivity index (χ1n) is 3.13. The molecule has 9 heteroatoms. The summed E-state index contributed by atoms with van der Waals surface area (Å²) in [7, 11) is -10.1. The fraction of sp³-hybridized carbons (Fsp3) is 1.00. The van der Waals surface area contributed by atoms with Crippen LogP contribution in [0.4, 0.5) is 12.2 Å². The highest BCUT2D eigenvalue weighted by atomic mass is 32.3. The minimum absolute atomic E-state index is 0.580. The van der Waals surface area contributed by atoms with Gasteiger partial charge in [0.15, 0.2) is 0 Å². The van der Waals surface area contributed by atoms with Gasteiger partial charge >= 0.3 is 20.4 Å². The molecule has 0 aliphatic rings. The average Bonchev–Trinajstić information content (AvgIpc) is 1.82. The molecule has 0 amide bonds. The Kier molecular flexibility index (Phi) is 4.17. The largest absolute Gasteiger partial charge is 0.334 e. The van der Waals surface area contributed by atoms with Gasteiger partial charge in [-0.25, -0.2) is 4.39 Å². The van der Waals surface area contributed by atoms with Gasteiger partial charge in [0.1, 0.15) is 0 Å². The van der Waals surface area contributed by atoms with Gasteiger partial charge < -0.3 is 0 Å². The van der Waals surface area contributed by atoms with Gasteiger partial charge in [-0.1, -0.05) is 0 Å². The lowest BCUT2D eigenvalue weighted by Gasteiger charge is -2.00. The summed E-state index contributed by atoms with van der Waals surface area (Å²) in [5.41, 5.74) is -2.78. The Bertz CT molecular complexity index is 346. The minimum Gasteiger partial charge on any atom is -0.227 e. The standard InChI is InChI=1S/C4H7F3O4S2/c5-4(13(7,10)11)2-1-3-12(6,8)9/h4H,1-3H2. The van der Waals surface area contributed by atoms with Crippen molar-refractivity contribution in [2.24, 2.45) is 0 Å². The first-order chi connectivity index (χ1) is 5.63. The van der Waals surface area contributed by atoms with Crippen molar-refractivity contribution in [3.8, 4) is 0 Å². The van der Waals surface area contributed by atoms with E-state index < -0.39 is 44.5 Å². The fourth-order valence-corrected chi connectivity index (χ4v) is 1.52. The Morgan fingerprint density at radius 2 is 1.54 bits per heavy atom. The maximum absolute atomic E-state index is 12.2. The summed E-state index contributed by atoms with van der Waals surface area (Å²) < 4.78 is 75.0. The highest BCUT2D eigenvalue weighted by Crippen LogP contribution is 2.12. The molecule has 80 valence electrons. The molecule has 1 unspecified atom stereocenters. The zero-order valence-electron chi connectivity index (χ0n) is 6.28. The van der Waals surface area contributed by atoms with Gasteiger partial charge in [-0.2, -0.15) is 16.8 Å². The Morgan fingerprint density at radius 1 is 1.08 bits per heavy atom. The SMILES string of the molecule is O=S(=O)(F)CCCC(F)S(=O)(=O)F. The molecule has 0 saturated heterocycles. The number of rotatable bonds is 5. The van der Waals surface area contributed by atoms with Crippen molar-refractivity contribution in [1.29, 1.82) is 0 Å². The zero-order chi connectivity index (χ0) is 10.7. The molecular formula is C4H7F3O4S2. The number of hydrogen-bond donors (Lipinski definition) is 0. The van der Waals surface area contributed by atoms with Crippen LogP contribution in [0.5, 0.6) is 0 Å². The van der Waals surface area contributed by atoms with Crippen LogP contribution in [0, 0.1) is 0 Å². The molecule has 0 aliphatic carbocycles. The van der Waals surface area contributed by atoms with Gasteiger partial charge in [0, 0.05) is 0 Å². The van der Waals surface area contributed by atoms with E-state index in [0.717, 1.165) is 0 Å². The van der Waals surface area contributed by atoms with E-state index in [1.165, 1.54) is 0 Å². The summed E-state index contributed by atoms with van der Waals surface area (Å²) in [6.45, 7) is 0. The molecule has 4 nitrogen and oxygen atoms in total. The summed E-state index contributed by atoms with van der Waals surface area (Å²) in [6.07, 6.45) is -1.45. The molecule has 0 aromatic carbocycles. The lowest BCUT2D eigenvalue weighted by molar-refractivity contribution is 0.379. The van der Waals surface area contributed by atoms with Crippen LogP contribution >= 0.6 is 0 Å². The summed E-state index contributed by atoms with van der Waals surface area (Å²) in [5, 5.41) is 0. The molecule has 0 saturated carbocycles. The molecule has 0 bridgehead atoms. The number of halogens is 3. The third-order valence-electron chi connectivity index (χ3n) is 1.12. The monoisotopic (exact) mass is 240 g/mol. The third kappa shape index (κ3) is 6.82. The van der Waals surface area contributed by atoms with E-state index >= 15 is 0 Å². The number of hydrogen-bond acceptors (Lipinski definition) is 4. The second-order valence-corrected chi connectivity index (χ2v) is 5.22. The average molecular weight is 240 g/mol. The van der Waals surface area contributed by atoms with Gasteiger partial charge in [0.05, 0.1) is 5.75 Å². The molecule has 0 heterocycles. The predicted molar refractivity (Wildman–Crippen MR) is 39.1 cm³/mol. The van der Waals surface area contributed by atoms with Crippen LogP contribution in [0.15, 0.2) is 0 Å². The van der Waals surface area contributed by atoms with Crippen molar-refractivity contribution >= 4 is 20.4 Å². The van der Waals surface area contributed by atoms with Crippen LogP contribution < -0.4 is 0 Å². The van der Waals surface area contributed by atoms with Crippen molar-refractivity contribution in [2.75, 3.05) is 5.75 Å². The summed E-state index contributed by atoms with van der Waals surface area (Å²) in [4.78, 5) is 0. The van der Waals surface area contributed by atoms with Crippen LogP contribution in [0.2, 0.25) is 0 Å². The Morgan fingerprint density at radius 3 is 1.85 bits per heavy atom. The second-order valence-electron chi connectivity index (χ2n) is 2.27. The summed E-state index contributed by atoms with van der Waals surface area (Å²) in [6, 6.07) is 0. The maximum Gasteiger partial charge on any atom is 0.334 e. The molecular weight excluding hydrogens is 233 g/mol. The van der Waals surface area contributed by atoms with E-state index in [1.54, 1.807) is 0 Å². The van der Waals surface area contributed by atoms with Crippen molar-refractivity contribution in [1.82, 2.24) is 0 Å². The lowest BCUT2D eigenvalue weighted by Crippen LogP contribution is -2.12. The van der Waals surface area contributed by atoms with Crippen LogP contribution in [0.25, 0.3) is 0 Å². The topological polar surface area (TPSA) is 68.3 Å². The van der Waals surface area contributed by atoms with E-state index in [0.29, 0.717) is 0 Å². The van der Waals surface area contributed by atoms with Crippen molar-refractivity contribution in [2.45, 2.75) is 18.3 Å². The summed E-state index contributed by atoms with van der Waals surface area (Å²) in [5.74, 6) is -1.01. The zero-order valence-corrected chi connectivity index (χ0v) is 7.92. The van der Waals surface area contributed by atoms with Crippen LogP contribution in [-0.4, -0.2) is 28.1 Å². The molecule has 13 heavy (non-hydrogen) atoms. The Labute approximate surface area is 74.2 Å². The van der Waals surface area contributed by atoms with Crippen LogP contribution in [0.3, 0.4) is 0 Å². The molecule has 0 spiro atoms. The first kappa shape index (κ1) is 12.7. The first-order valence-corrected chi connectivity index (χ1v) is 6.13. The van der Waals surface area contributed by atoms with Gasteiger partial charge in [0.25, 0.3) is 0 Å². The van der Waals surface area contributed by atoms with Gasteiger partial charge in [-0.15, -0.1) is 7.77 Å². The summed E-state index contributed by atoms with van der Waals surface area (Å²) >= 11 is 0. The molecule has 0 aromatic heterocycles. The van der Waals surface area contributed by atoms with Crippen molar-refractivity contribution < 1.29 is 29.0 Å². The Hall–Kier alpha value is -0.310. The van der Waals surface area contributed by atoms with E-state index in [1.807, 2.05) is 0 Å². The second kappa shape index (κ2) is 4.27. The fourth-order valence-electron chi connectivity index (χ4n) is 0.557. The quantitative estimate of drug-likeness (QED) is 0.662. The van der Waals surface area contributed by atoms with E-state index in [-0.39, 0.29) is 0 Å². The highest BCUT2D eigenvalue weighted by molar-refractivity contribution is 7.87. The molecule has 1 atom stereocenters. The van der Waals surface area contributed by atoms with E-state index in [2.05, 4.69) is 0 Å². The van der Waals surface area contributed by atoms with Gasteiger partial charge in [-0.3, -0.25) is 0 Å². The Balaban J connectivity index is 3.94. The van der Waals surface area contributed by atoms with Gasteiger partial charge in [0.2, 0.25) is 5.50 Å². The van der Waals surface area contributed by atoms with Crippen LogP contribution in [-0.2, 0) is 20.4 Å².